The third-order valence-electron chi connectivity index (χ3n) is 4.99. The van der Waals surface area contributed by atoms with E-state index in [4.69, 9.17) is 25.8 Å². The highest BCUT2D eigenvalue weighted by Gasteiger charge is 2.29. The molecule has 2 aromatic rings. The highest BCUT2D eigenvalue weighted by molar-refractivity contribution is 6.31. The van der Waals surface area contributed by atoms with Crippen LogP contribution in [0, 0.1) is 11.8 Å². The molecule has 3 rings (SSSR count). The SMILES string of the molecule is COCC#CCOc1ccc(Cc2cc([C@@H]3CC(O)CC(CO)O3)ccc2Cl)cc1. The highest BCUT2D eigenvalue weighted by Crippen LogP contribution is 2.33. The largest absolute Gasteiger partial charge is 0.481 e. The van der Waals surface area contributed by atoms with E-state index in [0.717, 1.165) is 22.4 Å². The lowest BCUT2D eigenvalue weighted by Gasteiger charge is -2.32. The second kappa shape index (κ2) is 11.4. The van der Waals surface area contributed by atoms with Gasteiger partial charge in [0.1, 0.15) is 19.0 Å². The Morgan fingerprint density at radius 3 is 2.60 bits per heavy atom. The summed E-state index contributed by atoms with van der Waals surface area (Å²) in [5, 5.41) is 20.2. The molecule has 1 heterocycles. The van der Waals surface area contributed by atoms with Crippen molar-refractivity contribution < 1.29 is 24.4 Å². The Morgan fingerprint density at radius 1 is 1.10 bits per heavy atom. The van der Waals surface area contributed by atoms with Crippen molar-refractivity contribution in [3.8, 4) is 17.6 Å². The van der Waals surface area contributed by atoms with E-state index in [9.17, 15) is 10.2 Å². The normalized spacial score (nSPS) is 21.0. The maximum Gasteiger partial charge on any atom is 0.149 e. The molecule has 2 aromatic carbocycles. The summed E-state index contributed by atoms with van der Waals surface area (Å²) in [7, 11) is 1.60. The maximum atomic E-state index is 10.1. The molecule has 0 aromatic heterocycles. The van der Waals surface area contributed by atoms with E-state index in [2.05, 4.69) is 11.8 Å². The van der Waals surface area contributed by atoms with Gasteiger partial charge < -0.3 is 24.4 Å². The van der Waals surface area contributed by atoms with Gasteiger partial charge in [0.15, 0.2) is 0 Å². The Balaban J connectivity index is 1.65. The number of hydrogen-bond donors (Lipinski definition) is 2. The van der Waals surface area contributed by atoms with Gasteiger partial charge in [-0.15, -0.1) is 0 Å². The average molecular weight is 431 g/mol. The molecule has 0 amide bonds. The lowest BCUT2D eigenvalue weighted by Crippen LogP contribution is -2.33. The number of aliphatic hydroxyl groups excluding tert-OH is 2. The van der Waals surface area contributed by atoms with Crippen LogP contribution < -0.4 is 4.74 Å². The number of hydrogen-bond acceptors (Lipinski definition) is 5. The summed E-state index contributed by atoms with van der Waals surface area (Å²) < 4.78 is 16.4. The van der Waals surface area contributed by atoms with E-state index in [1.807, 2.05) is 42.5 Å². The van der Waals surface area contributed by atoms with E-state index < -0.39 is 6.10 Å². The van der Waals surface area contributed by atoms with Gasteiger partial charge in [-0.2, -0.15) is 0 Å². The van der Waals surface area contributed by atoms with Gasteiger partial charge in [0.05, 0.1) is 24.9 Å². The lowest BCUT2D eigenvalue weighted by atomic mass is 9.94. The summed E-state index contributed by atoms with van der Waals surface area (Å²) in [6, 6.07) is 13.6. The number of aliphatic hydroxyl groups is 2. The summed E-state index contributed by atoms with van der Waals surface area (Å²) in [6.45, 7) is 0.618. The molecule has 160 valence electrons. The van der Waals surface area contributed by atoms with Gasteiger partial charge in [-0.1, -0.05) is 47.7 Å². The molecule has 0 aliphatic carbocycles. The number of ether oxygens (including phenoxy) is 3. The fourth-order valence-electron chi connectivity index (χ4n) is 3.47. The molecule has 0 bridgehead atoms. The van der Waals surface area contributed by atoms with Gasteiger partial charge in [0, 0.05) is 25.0 Å². The second-order valence-electron chi connectivity index (χ2n) is 7.30. The third kappa shape index (κ3) is 6.46. The minimum absolute atomic E-state index is 0.0968. The molecule has 5 nitrogen and oxygen atoms in total. The summed E-state index contributed by atoms with van der Waals surface area (Å²) in [4.78, 5) is 0. The average Bonchev–Trinajstić information content (AvgIpc) is 2.75. The zero-order chi connectivity index (χ0) is 21.3. The molecular weight excluding hydrogens is 404 g/mol. The van der Waals surface area contributed by atoms with Crippen LogP contribution in [0.1, 0.15) is 35.6 Å². The van der Waals surface area contributed by atoms with Gasteiger partial charge in [-0.3, -0.25) is 0 Å². The Morgan fingerprint density at radius 2 is 1.87 bits per heavy atom. The van der Waals surface area contributed by atoms with Crippen molar-refractivity contribution in [2.75, 3.05) is 26.9 Å². The number of rotatable bonds is 7. The summed E-state index contributed by atoms with van der Waals surface area (Å²) >= 11 is 6.43. The number of methoxy groups -OCH3 is 1. The molecule has 6 heteroatoms. The van der Waals surface area contributed by atoms with Crippen LogP contribution in [0.4, 0.5) is 0 Å². The highest BCUT2D eigenvalue weighted by atomic mass is 35.5. The van der Waals surface area contributed by atoms with Crippen LogP contribution in [-0.2, 0) is 15.9 Å². The Labute approximate surface area is 182 Å². The molecule has 1 fully saturated rings. The first kappa shape index (κ1) is 22.6. The van der Waals surface area contributed by atoms with Gasteiger partial charge in [-0.05, 0) is 41.3 Å². The summed E-state index contributed by atoms with van der Waals surface area (Å²) in [5.74, 6) is 6.48. The number of halogens is 1. The molecular formula is C24H27ClO5. The summed E-state index contributed by atoms with van der Waals surface area (Å²) in [5.41, 5.74) is 3.04. The van der Waals surface area contributed by atoms with Crippen molar-refractivity contribution in [2.24, 2.45) is 0 Å². The van der Waals surface area contributed by atoms with E-state index >= 15 is 0 Å². The lowest BCUT2D eigenvalue weighted by molar-refractivity contribution is -0.113. The van der Waals surface area contributed by atoms with E-state index in [0.29, 0.717) is 37.5 Å². The van der Waals surface area contributed by atoms with Crippen LogP contribution in [-0.4, -0.2) is 49.4 Å². The fraction of sp³-hybridized carbons (Fsp3) is 0.417. The van der Waals surface area contributed by atoms with Crippen LogP contribution in [0.3, 0.4) is 0 Å². The Hall–Kier alpha value is -2.07. The third-order valence-corrected chi connectivity index (χ3v) is 5.36. The number of benzene rings is 2. The molecule has 0 spiro atoms. The van der Waals surface area contributed by atoms with Crippen LogP contribution >= 0.6 is 11.6 Å². The predicted octanol–water partition coefficient (Wildman–Crippen LogP) is 3.53. The van der Waals surface area contributed by atoms with E-state index in [1.165, 1.54) is 0 Å². The molecule has 2 N–H and O–H groups in total. The zero-order valence-corrected chi connectivity index (χ0v) is 17.8. The van der Waals surface area contributed by atoms with E-state index in [-0.39, 0.29) is 18.8 Å². The van der Waals surface area contributed by atoms with Crippen molar-refractivity contribution in [2.45, 2.75) is 37.6 Å². The van der Waals surface area contributed by atoms with Crippen LogP contribution in [0.5, 0.6) is 5.75 Å². The first-order chi connectivity index (χ1) is 14.6. The van der Waals surface area contributed by atoms with Crippen molar-refractivity contribution in [3.63, 3.8) is 0 Å². The van der Waals surface area contributed by atoms with Crippen LogP contribution in [0.25, 0.3) is 0 Å². The van der Waals surface area contributed by atoms with E-state index in [1.54, 1.807) is 7.11 Å². The second-order valence-corrected chi connectivity index (χ2v) is 7.71. The molecule has 1 aliphatic rings. The van der Waals surface area contributed by atoms with Crippen molar-refractivity contribution in [1.29, 1.82) is 0 Å². The van der Waals surface area contributed by atoms with Gasteiger partial charge in [-0.25, -0.2) is 0 Å². The molecule has 1 aliphatic heterocycles. The predicted molar refractivity (Wildman–Crippen MR) is 116 cm³/mol. The Kier molecular flexibility index (Phi) is 8.56. The first-order valence-corrected chi connectivity index (χ1v) is 10.4. The fourth-order valence-corrected chi connectivity index (χ4v) is 3.65. The van der Waals surface area contributed by atoms with Crippen molar-refractivity contribution in [1.82, 2.24) is 0 Å². The molecule has 2 unspecified atom stereocenters. The molecule has 1 saturated heterocycles. The van der Waals surface area contributed by atoms with Crippen LogP contribution in [0.2, 0.25) is 5.02 Å². The van der Waals surface area contributed by atoms with Crippen LogP contribution in [0.15, 0.2) is 42.5 Å². The zero-order valence-electron chi connectivity index (χ0n) is 17.0. The van der Waals surface area contributed by atoms with Crippen molar-refractivity contribution in [3.05, 3.63) is 64.2 Å². The maximum absolute atomic E-state index is 10.1. The van der Waals surface area contributed by atoms with Gasteiger partial charge in [0.25, 0.3) is 0 Å². The molecule has 30 heavy (non-hydrogen) atoms. The minimum Gasteiger partial charge on any atom is -0.481 e. The van der Waals surface area contributed by atoms with Gasteiger partial charge >= 0.3 is 0 Å². The summed E-state index contributed by atoms with van der Waals surface area (Å²) in [6.07, 6.45) is 0.559. The minimum atomic E-state index is -0.480. The smallest absolute Gasteiger partial charge is 0.149 e. The first-order valence-electron chi connectivity index (χ1n) is 9.98. The quantitative estimate of drug-likeness (QED) is 0.658. The molecule has 0 radical (unpaired) electrons. The monoisotopic (exact) mass is 430 g/mol. The van der Waals surface area contributed by atoms with Gasteiger partial charge in [0.2, 0.25) is 0 Å². The van der Waals surface area contributed by atoms with Crippen molar-refractivity contribution >= 4 is 11.6 Å². The molecule has 3 atom stereocenters. The molecule has 0 saturated carbocycles. The standard InChI is InChI=1S/C24H27ClO5/c1-28-10-2-3-11-29-21-7-4-17(5-8-21)12-19-13-18(6-9-23(19)25)24-15-20(27)14-22(16-26)30-24/h4-9,13,20,22,24,26-27H,10-12,14-16H2,1H3/t20?,22?,24-/m0/s1. The topological polar surface area (TPSA) is 68.2 Å². The Bertz CT molecular complexity index is 871.